The molecule has 0 atom stereocenters. The van der Waals surface area contributed by atoms with Gasteiger partial charge in [-0.3, -0.25) is 4.72 Å². The third kappa shape index (κ3) is 5.02. The number of nitrogens with one attached hydrogen (secondary N) is 1. The van der Waals surface area contributed by atoms with E-state index in [-0.39, 0.29) is 5.75 Å². The number of benzene rings is 1. The van der Waals surface area contributed by atoms with Crippen LogP contribution in [-0.2, 0) is 16.4 Å². The molecule has 0 saturated heterocycles. The van der Waals surface area contributed by atoms with Crippen molar-refractivity contribution >= 4 is 31.6 Å². The lowest BCUT2D eigenvalue weighted by molar-refractivity contribution is 0.414. The second-order valence-electron chi connectivity index (χ2n) is 4.39. The van der Waals surface area contributed by atoms with E-state index < -0.39 is 10.0 Å². The molecule has 7 heteroatoms. The smallest absolute Gasteiger partial charge is 0.233 e. The molecule has 1 heterocycles. The van der Waals surface area contributed by atoms with Gasteiger partial charge in [-0.25, -0.2) is 13.4 Å². The molecule has 0 aliphatic carbocycles. The number of nitrogens with zero attached hydrogens (tertiary/aromatic N) is 1. The summed E-state index contributed by atoms with van der Waals surface area (Å²) in [4.78, 5) is 3.98. The molecule has 0 fully saturated rings. The fourth-order valence-electron chi connectivity index (χ4n) is 1.75. The zero-order chi connectivity index (χ0) is 15.3. The number of sulfonamides is 1. The number of halogens is 1. The molecule has 0 bridgehead atoms. The lowest BCUT2D eigenvalue weighted by Crippen LogP contribution is -2.18. The first-order valence-corrected chi connectivity index (χ1v) is 8.68. The molecule has 0 amide bonds. The molecular formula is C14H15BrN2O3S. The van der Waals surface area contributed by atoms with Gasteiger partial charge in [0.05, 0.1) is 24.7 Å². The van der Waals surface area contributed by atoms with E-state index in [0.29, 0.717) is 16.7 Å². The number of aryl methyl sites for hydroxylation is 1. The van der Waals surface area contributed by atoms with E-state index in [1.54, 1.807) is 19.2 Å². The topological polar surface area (TPSA) is 68.3 Å². The number of ether oxygens (including phenoxy) is 1. The van der Waals surface area contributed by atoms with Gasteiger partial charge in [-0.2, -0.15) is 0 Å². The normalized spacial score (nSPS) is 11.1. The van der Waals surface area contributed by atoms with Gasteiger partial charge in [-0.15, -0.1) is 0 Å². The predicted molar refractivity (Wildman–Crippen MR) is 86.0 cm³/mol. The van der Waals surface area contributed by atoms with Crippen LogP contribution >= 0.6 is 15.9 Å². The van der Waals surface area contributed by atoms with Crippen LogP contribution in [0.2, 0.25) is 0 Å². The molecule has 21 heavy (non-hydrogen) atoms. The first-order chi connectivity index (χ1) is 9.98. The number of hydrogen-bond acceptors (Lipinski definition) is 4. The monoisotopic (exact) mass is 370 g/mol. The minimum atomic E-state index is -3.41. The Labute approximate surface area is 132 Å². The molecule has 0 aliphatic rings. The van der Waals surface area contributed by atoms with Gasteiger partial charge >= 0.3 is 0 Å². The Morgan fingerprint density at radius 1 is 1.29 bits per heavy atom. The molecule has 0 aliphatic heterocycles. The first kappa shape index (κ1) is 15.8. The van der Waals surface area contributed by atoms with Gasteiger partial charge in [-0.05, 0) is 52.2 Å². The highest BCUT2D eigenvalue weighted by Crippen LogP contribution is 2.15. The Morgan fingerprint density at radius 2 is 2.10 bits per heavy atom. The van der Waals surface area contributed by atoms with Crippen LogP contribution in [0.25, 0.3) is 0 Å². The maximum Gasteiger partial charge on any atom is 0.233 e. The largest absolute Gasteiger partial charge is 0.497 e. The minimum Gasteiger partial charge on any atom is -0.497 e. The van der Waals surface area contributed by atoms with Gasteiger partial charge in [0, 0.05) is 0 Å². The Bertz CT molecular complexity index is 702. The Kier molecular flexibility index (Phi) is 5.19. The number of anilines is 1. The second kappa shape index (κ2) is 6.91. The highest BCUT2D eigenvalue weighted by molar-refractivity contribution is 9.10. The third-order valence-electron chi connectivity index (χ3n) is 2.79. The molecule has 0 radical (unpaired) electrons. The SMILES string of the molecule is COc1cccc(CCS(=O)(=O)Nc2ccc(Br)nc2)c1. The molecule has 1 aromatic carbocycles. The summed E-state index contributed by atoms with van der Waals surface area (Å²) in [5, 5.41) is 0. The van der Waals surface area contributed by atoms with Crippen molar-refractivity contribution < 1.29 is 13.2 Å². The molecule has 5 nitrogen and oxygen atoms in total. The quantitative estimate of drug-likeness (QED) is 0.793. The molecule has 0 spiro atoms. The zero-order valence-corrected chi connectivity index (χ0v) is 13.8. The van der Waals surface area contributed by atoms with Crippen molar-refractivity contribution in [3.63, 3.8) is 0 Å². The van der Waals surface area contributed by atoms with E-state index in [1.165, 1.54) is 6.20 Å². The predicted octanol–water partition coefficient (Wildman–Crippen LogP) is 2.84. The Hall–Kier alpha value is -1.60. The molecule has 1 aromatic heterocycles. The van der Waals surface area contributed by atoms with Crippen molar-refractivity contribution in [1.82, 2.24) is 4.98 Å². The number of rotatable bonds is 6. The standard InChI is InChI=1S/C14H15BrN2O3S/c1-20-13-4-2-3-11(9-13)7-8-21(18,19)17-12-5-6-14(15)16-10-12/h2-6,9-10,17H,7-8H2,1H3. The van der Waals surface area contributed by atoms with Crippen LogP contribution in [0, 0.1) is 0 Å². The lowest BCUT2D eigenvalue weighted by Gasteiger charge is -2.08. The maximum absolute atomic E-state index is 12.0. The number of methoxy groups -OCH3 is 1. The fraction of sp³-hybridized carbons (Fsp3) is 0.214. The van der Waals surface area contributed by atoms with E-state index in [1.807, 2.05) is 24.3 Å². The highest BCUT2D eigenvalue weighted by atomic mass is 79.9. The molecule has 112 valence electrons. The second-order valence-corrected chi connectivity index (χ2v) is 7.05. The summed E-state index contributed by atoms with van der Waals surface area (Å²) in [6.07, 6.45) is 1.88. The van der Waals surface area contributed by atoms with Crippen LogP contribution in [0.4, 0.5) is 5.69 Å². The summed E-state index contributed by atoms with van der Waals surface area (Å²) in [6, 6.07) is 10.7. The Balaban J connectivity index is 1.99. The van der Waals surface area contributed by atoms with Crippen molar-refractivity contribution in [2.45, 2.75) is 6.42 Å². The average molecular weight is 371 g/mol. The van der Waals surface area contributed by atoms with Crippen molar-refractivity contribution in [1.29, 1.82) is 0 Å². The molecule has 0 saturated carbocycles. The molecule has 1 N–H and O–H groups in total. The van der Waals surface area contributed by atoms with Gasteiger partial charge in [0.25, 0.3) is 0 Å². The van der Waals surface area contributed by atoms with Crippen LogP contribution in [0.5, 0.6) is 5.75 Å². The van der Waals surface area contributed by atoms with E-state index in [0.717, 1.165) is 11.3 Å². The summed E-state index contributed by atoms with van der Waals surface area (Å²) >= 11 is 3.20. The summed E-state index contributed by atoms with van der Waals surface area (Å²) in [6.45, 7) is 0. The van der Waals surface area contributed by atoms with Gasteiger partial charge in [0.2, 0.25) is 10.0 Å². The molecule has 2 rings (SSSR count). The lowest BCUT2D eigenvalue weighted by atomic mass is 10.2. The number of pyridine rings is 1. The van der Waals surface area contributed by atoms with Crippen molar-refractivity contribution in [2.24, 2.45) is 0 Å². The molecular weight excluding hydrogens is 356 g/mol. The molecule has 0 unspecified atom stereocenters. The maximum atomic E-state index is 12.0. The van der Waals surface area contributed by atoms with Crippen molar-refractivity contribution in [3.8, 4) is 5.75 Å². The first-order valence-electron chi connectivity index (χ1n) is 6.23. The summed E-state index contributed by atoms with van der Waals surface area (Å²) in [5.74, 6) is 0.714. The van der Waals surface area contributed by atoms with Crippen LogP contribution < -0.4 is 9.46 Å². The van der Waals surface area contributed by atoms with Crippen LogP contribution in [0.15, 0.2) is 47.2 Å². The van der Waals surface area contributed by atoms with E-state index in [4.69, 9.17) is 4.74 Å². The van der Waals surface area contributed by atoms with E-state index in [2.05, 4.69) is 25.6 Å². The van der Waals surface area contributed by atoms with Crippen molar-refractivity contribution in [2.75, 3.05) is 17.6 Å². The minimum absolute atomic E-state index is 0.00374. The van der Waals surface area contributed by atoms with E-state index in [9.17, 15) is 8.42 Å². The zero-order valence-electron chi connectivity index (χ0n) is 11.4. The highest BCUT2D eigenvalue weighted by Gasteiger charge is 2.11. The number of aromatic nitrogens is 1. The van der Waals surface area contributed by atoms with Gasteiger partial charge < -0.3 is 4.74 Å². The molecule has 2 aromatic rings. The van der Waals surface area contributed by atoms with Gasteiger partial charge in [-0.1, -0.05) is 12.1 Å². The third-order valence-corrected chi connectivity index (χ3v) is 4.55. The van der Waals surface area contributed by atoms with Crippen molar-refractivity contribution in [3.05, 3.63) is 52.8 Å². The van der Waals surface area contributed by atoms with Gasteiger partial charge in [0.15, 0.2) is 0 Å². The van der Waals surface area contributed by atoms with E-state index >= 15 is 0 Å². The number of hydrogen-bond donors (Lipinski definition) is 1. The van der Waals surface area contributed by atoms with Crippen LogP contribution in [0.1, 0.15) is 5.56 Å². The average Bonchev–Trinajstić information content (AvgIpc) is 2.48. The summed E-state index contributed by atoms with van der Waals surface area (Å²) in [7, 11) is -1.83. The van der Waals surface area contributed by atoms with Gasteiger partial charge in [0.1, 0.15) is 10.4 Å². The van der Waals surface area contributed by atoms with Crippen LogP contribution in [0.3, 0.4) is 0 Å². The summed E-state index contributed by atoms with van der Waals surface area (Å²) in [5.41, 5.74) is 1.36. The fourth-order valence-corrected chi connectivity index (χ4v) is 3.07. The Morgan fingerprint density at radius 3 is 2.76 bits per heavy atom. The summed E-state index contributed by atoms with van der Waals surface area (Å²) < 4.78 is 32.3. The van der Waals surface area contributed by atoms with Crippen LogP contribution in [-0.4, -0.2) is 26.3 Å².